The van der Waals surface area contributed by atoms with Gasteiger partial charge in [-0.2, -0.15) is 13.2 Å². The van der Waals surface area contributed by atoms with E-state index in [1.807, 2.05) is 6.92 Å². The number of amides is 1. The first kappa shape index (κ1) is 16.3. The van der Waals surface area contributed by atoms with Gasteiger partial charge in [0.25, 0.3) is 0 Å². The summed E-state index contributed by atoms with van der Waals surface area (Å²) < 4.78 is 45.0. The highest BCUT2D eigenvalue weighted by molar-refractivity contribution is 5.79. The Hall–Kier alpha value is -1.57. The Kier molecular flexibility index (Phi) is 4.35. The van der Waals surface area contributed by atoms with Crippen LogP contribution >= 0.6 is 0 Å². The first-order valence-electron chi connectivity index (χ1n) is 7.87. The summed E-state index contributed by atoms with van der Waals surface area (Å²) in [4.78, 5) is 15.8. The highest BCUT2D eigenvalue weighted by Gasteiger charge is 2.36. The topological polar surface area (TPSA) is 56.1 Å². The maximum absolute atomic E-state index is 12.7. The van der Waals surface area contributed by atoms with Crippen molar-refractivity contribution in [3.8, 4) is 0 Å². The van der Waals surface area contributed by atoms with E-state index >= 15 is 0 Å². The predicted octanol–water partition coefficient (Wildman–Crippen LogP) is 2.01. The Morgan fingerprint density at radius 1 is 1.48 bits per heavy atom. The Morgan fingerprint density at radius 3 is 2.91 bits per heavy atom. The monoisotopic (exact) mass is 331 g/mol. The first-order chi connectivity index (χ1) is 10.8. The summed E-state index contributed by atoms with van der Waals surface area (Å²) in [5, 5.41) is 2.92. The van der Waals surface area contributed by atoms with E-state index in [1.165, 1.54) is 0 Å². The van der Waals surface area contributed by atoms with Crippen LogP contribution in [0.4, 0.5) is 13.2 Å². The quantitative estimate of drug-likeness (QED) is 0.922. The highest BCUT2D eigenvalue weighted by Crippen LogP contribution is 2.30. The van der Waals surface area contributed by atoms with Gasteiger partial charge in [-0.15, -0.1) is 0 Å². The van der Waals surface area contributed by atoms with Crippen LogP contribution in [0.5, 0.6) is 0 Å². The van der Waals surface area contributed by atoms with Crippen molar-refractivity contribution in [2.75, 3.05) is 13.2 Å². The molecule has 8 heteroatoms. The number of fused-ring (bicyclic) bond motifs is 1. The second-order valence-corrected chi connectivity index (χ2v) is 6.31. The highest BCUT2D eigenvalue weighted by atomic mass is 19.4. The fraction of sp³-hybridized carbons (Fsp3) is 0.733. The number of carbonyl (C=O) groups excluding carboxylic acids is 1. The van der Waals surface area contributed by atoms with Gasteiger partial charge in [0.2, 0.25) is 5.91 Å². The predicted molar refractivity (Wildman–Crippen MR) is 75.6 cm³/mol. The molecule has 0 spiro atoms. The molecule has 1 aromatic heterocycles. The van der Waals surface area contributed by atoms with E-state index in [-0.39, 0.29) is 23.8 Å². The van der Waals surface area contributed by atoms with E-state index in [0.29, 0.717) is 31.9 Å². The lowest BCUT2D eigenvalue weighted by Gasteiger charge is -2.24. The number of nitrogens with zero attached hydrogens (tertiary/aromatic N) is 2. The number of rotatable bonds is 3. The minimum Gasteiger partial charge on any atom is -0.378 e. The molecule has 0 saturated carbocycles. The molecule has 128 valence electrons. The second-order valence-electron chi connectivity index (χ2n) is 6.31. The van der Waals surface area contributed by atoms with E-state index in [2.05, 4.69) is 10.3 Å². The average Bonchev–Trinajstić information content (AvgIpc) is 3.09. The summed E-state index contributed by atoms with van der Waals surface area (Å²) in [5.41, 5.74) is -0.839. The summed E-state index contributed by atoms with van der Waals surface area (Å²) in [6.07, 6.45) is -1.47. The molecule has 0 bridgehead atoms. The van der Waals surface area contributed by atoms with Crippen LogP contribution < -0.4 is 5.32 Å². The molecule has 1 N–H and O–H groups in total. The Balaban J connectivity index is 1.55. The molecule has 2 aliphatic rings. The van der Waals surface area contributed by atoms with Crippen LogP contribution in [0, 0.1) is 11.8 Å². The molecule has 3 rings (SSSR count). The molecule has 0 aromatic carbocycles. The van der Waals surface area contributed by atoms with Gasteiger partial charge < -0.3 is 14.6 Å². The molecule has 23 heavy (non-hydrogen) atoms. The number of alkyl halides is 3. The SMILES string of the molecule is C[C@@H]1OCC[C@@H]1C(=O)NC[C@@H]1CCc2nc(C(F)(F)F)cn2C1. The minimum atomic E-state index is -4.41. The van der Waals surface area contributed by atoms with Gasteiger partial charge in [0.15, 0.2) is 5.69 Å². The molecule has 1 saturated heterocycles. The molecule has 3 atom stereocenters. The summed E-state index contributed by atoms with van der Waals surface area (Å²) in [6, 6.07) is 0. The van der Waals surface area contributed by atoms with Crippen molar-refractivity contribution in [1.29, 1.82) is 0 Å². The zero-order valence-corrected chi connectivity index (χ0v) is 12.9. The fourth-order valence-corrected chi connectivity index (χ4v) is 3.27. The number of imidazole rings is 1. The van der Waals surface area contributed by atoms with Gasteiger partial charge in [-0.25, -0.2) is 4.98 Å². The minimum absolute atomic E-state index is 0.0255. The number of ether oxygens (including phenoxy) is 1. The second kappa shape index (κ2) is 6.14. The number of halogens is 3. The van der Waals surface area contributed by atoms with E-state index in [1.54, 1.807) is 4.57 Å². The molecule has 0 radical (unpaired) electrons. The van der Waals surface area contributed by atoms with Crippen LogP contribution in [0.25, 0.3) is 0 Å². The van der Waals surface area contributed by atoms with E-state index in [4.69, 9.17) is 4.74 Å². The van der Waals surface area contributed by atoms with Crippen molar-refractivity contribution in [3.05, 3.63) is 17.7 Å². The van der Waals surface area contributed by atoms with Crippen molar-refractivity contribution >= 4 is 5.91 Å². The summed E-state index contributed by atoms with van der Waals surface area (Å²) >= 11 is 0. The lowest BCUT2D eigenvalue weighted by atomic mass is 9.98. The summed E-state index contributed by atoms with van der Waals surface area (Å²) in [7, 11) is 0. The van der Waals surface area contributed by atoms with Crippen LogP contribution in [-0.2, 0) is 28.7 Å². The Labute approximate surface area is 132 Å². The number of carbonyl (C=O) groups is 1. The molecular weight excluding hydrogens is 311 g/mol. The largest absolute Gasteiger partial charge is 0.434 e. The zero-order valence-electron chi connectivity index (χ0n) is 12.9. The molecule has 3 heterocycles. The number of aromatic nitrogens is 2. The third-order valence-corrected chi connectivity index (χ3v) is 4.66. The molecular formula is C15H20F3N3O2. The van der Waals surface area contributed by atoms with Crippen LogP contribution in [0.2, 0.25) is 0 Å². The molecule has 0 unspecified atom stereocenters. The maximum atomic E-state index is 12.7. The Morgan fingerprint density at radius 2 is 2.26 bits per heavy atom. The average molecular weight is 331 g/mol. The molecule has 1 fully saturated rings. The fourth-order valence-electron chi connectivity index (χ4n) is 3.27. The number of nitrogens with one attached hydrogen (secondary N) is 1. The van der Waals surface area contributed by atoms with Crippen LogP contribution in [0.1, 0.15) is 31.3 Å². The van der Waals surface area contributed by atoms with Gasteiger partial charge in [-0.3, -0.25) is 4.79 Å². The molecule has 5 nitrogen and oxygen atoms in total. The van der Waals surface area contributed by atoms with Crippen molar-refractivity contribution in [1.82, 2.24) is 14.9 Å². The van der Waals surface area contributed by atoms with Crippen molar-refractivity contribution in [2.24, 2.45) is 11.8 Å². The zero-order chi connectivity index (χ0) is 16.6. The lowest BCUT2D eigenvalue weighted by molar-refractivity contribution is -0.141. The molecule has 1 amide bonds. The summed E-state index contributed by atoms with van der Waals surface area (Å²) in [5.74, 6) is 0.443. The number of hydrogen-bond donors (Lipinski definition) is 1. The van der Waals surface area contributed by atoms with Gasteiger partial charge in [-0.05, 0) is 25.7 Å². The third kappa shape index (κ3) is 3.52. The van der Waals surface area contributed by atoms with Crippen molar-refractivity contribution < 1.29 is 22.7 Å². The van der Waals surface area contributed by atoms with Crippen molar-refractivity contribution in [2.45, 2.75) is 45.0 Å². The van der Waals surface area contributed by atoms with Crippen LogP contribution in [0.3, 0.4) is 0 Å². The van der Waals surface area contributed by atoms with Gasteiger partial charge in [0.1, 0.15) is 5.82 Å². The lowest BCUT2D eigenvalue weighted by Crippen LogP contribution is -2.38. The van der Waals surface area contributed by atoms with Gasteiger partial charge >= 0.3 is 6.18 Å². The molecule has 1 aromatic rings. The van der Waals surface area contributed by atoms with E-state index < -0.39 is 11.9 Å². The standard InChI is InChI=1S/C15H20F3N3O2/c1-9-11(4-5-23-9)14(22)19-6-10-2-3-13-20-12(15(16,17)18)8-21(13)7-10/h8-11H,2-7H2,1H3,(H,19,22)/t9-,10-,11-/m0/s1. The molecule has 2 aliphatic heterocycles. The van der Waals surface area contributed by atoms with Crippen molar-refractivity contribution in [3.63, 3.8) is 0 Å². The smallest absolute Gasteiger partial charge is 0.378 e. The summed E-state index contributed by atoms with van der Waals surface area (Å²) in [6.45, 7) is 3.41. The normalized spacial score (nSPS) is 27.7. The van der Waals surface area contributed by atoms with Gasteiger partial charge in [0.05, 0.1) is 12.0 Å². The number of hydrogen-bond acceptors (Lipinski definition) is 3. The third-order valence-electron chi connectivity index (χ3n) is 4.66. The Bertz CT molecular complexity index is 585. The molecule has 0 aliphatic carbocycles. The van der Waals surface area contributed by atoms with Crippen LogP contribution in [-0.4, -0.2) is 34.7 Å². The van der Waals surface area contributed by atoms with Gasteiger partial charge in [-0.1, -0.05) is 0 Å². The first-order valence-corrected chi connectivity index (χ1v) is 7.87. The van der Waals surface area contributed by atoms with Crippen LogP contribution in [0.15, 0.2) is 6.20 Å². The van der Waals surface area contributed by atoms with Gasteiger partial charge in [0, 0.05) is 32.3 Å². The number of aryl methyl sites for hydroxylation is 1. The van der Waals surface area contributed by atoms with E-state index in [0.717, 1.165) is 19.0 Å². The maximum Gasteiger partial charge on any atom is 0.434 e. The van der Waals surface area contributed by atoms with E-state index in [9.17, 15) is 18.0 Å².